The number of nitrogens with zero attached hydrogens (tertiary/aromatic N) is 1. The van der Waals surface area contributed by atoms with Gasteiger partial charge in [-0.2, -0.15) is 0 Å². The van der Waals surface area contributed by atoms with Gasteiger partial charge in [0.25, 0.3) is 0 Å². The monoisotopic (exact) mass is 643 g/mol. The summed E-state index contributed by atoms with van der Waals surface area (Å²) in [5.74, 6) is 0. The highest BCUT2D eigenvalue weighted by Gasteiger charge is 2.11. The van der Waals surface area contributed by atoms with Gasteiger partial charge in [0.15, 0.2) is 0 Å². The van der Waals surface area contributed by atoms with Crippen molar-refractivity contribution < 1.29 is 5.11 Å². The highest BCUT2D eigenvalue weighted by molar-refractivity contribution is 5.26. The number of rotatable bonds is 36. The first kappa shape index (κ1) is 43.1. The molecule has 0 heterocycles. The van der Waals surface area contributed by atoms with Gasteiger partial charge in [0.1, 0.15) is 0 Å². The van der Waals surface area contributed by atoms with Gasteiger partial charge in [0, 0.05) is 6.54 Å². The van der Waals surface area contributed by atoms with Crippen molar-refractivity contribution in [3.05, 3.63) is 35.4 Å². The SMILES string of the molecule is CCCCCCCCCCCCCCCCN(CCCCCCCCCCCCCCCC)Cc1cccc(C(CO)NCC)c1. The summed E-state index contributed by atoms with van der Waals surface area (Å²) in [5.41, 5.74) is 2.61. The molecule has 1 aromatic carbocycles. The molecule has 1 atom stereocenters. The number of aliphatic hydroxyl groups is 1. The van der Waals surface area contributed by atoms with E-state index in [0.29, 0.717) is 0 Å². The van der Waals surface area contributed by atoms with Crippen LogP contribution in [-0.4, -0.2) is 36.2 Å². The second-order valence-electron chi connectivity index (χ2n) is 14.5. The van der Waals surface area contributed by atoms with Gasteiger partial charge < -0.3 is 10.4 Å². The Morgan fingerprint density at radius 3 is 1.24 bits per heavy atom. The Morgan fingerprint density at radius 1 is 0.522 bits per heavy atom. The average molecular weight is 643 g/mol. The normalized spacial score (nSPS) is 12.4. The minimum Gasteiger partial charge on any atom is -0.394 e. The highest BCUT2D eigenvalue weighted by atomic mass is 16.3. The Kier molecular flexibility index (Phi) is 31.9. The number of nitrogens with one attached hydrogen (secondary N) is 1. The molecule has 0 saturated heterocycles. The van der Waals surface area contributed by atoms with Crippen molar-refractivity contribution in [2.75, 3.05) is 26.2 Å². The van der Waals surface area contributed by atoms with Crippen molar-refractivity contribution in [2.45, 2.75) is 213 Å². The lowest BCUT2D eigenvalue weighted by molar-refractivity contribution is 0.244. The van der Waals surface area contributed by atoms with E-state index in [9.17, 15) is 5.11 Å². The van der Waals surface area contributed by atoms with Gasteiger partial charge in [0.2, 0.25) is 0 Å². The van der Waals surface area contributed by atoms with Gasteiger partial charge in [-0.1, -0.05) is 212 Å². The molecule has 0 aliphatic rings. The van der Waals surface area contributed by atoms with Crippen molar-refractivity contribution in [3.63, 3.8) is 0 Å². The van der Waals surface area contributed by atoms with Crippen molar-refractivity contribution in [3.8, 4) is 0 Å². The van der Waals surface area contributed by atoms with E-state index in [4.69, 9.17) is 0 Å². The van der Waals surface area contributed by atoms with E-state index >= 15 is 0 Å². The minimum atomic E-state index is 0.0370. The molecule has 3 heteroatoms. The van der Waals surface area contributed by atoms with Crippen LogP contribution in [0.4, 0.5) is 0 Å². The van der Waals surface area contributed by atoms with Crippen LogP contribution in [0.2, 0.25) is 0 Å². The number of unbranched alkanes of at least 4 members (excludes halogenated alkanes) is 26. The molecule has 270 valence electrons. The van der Waals surface area contributed by atoms with Gasteiger partial charge in [-0.25, -0.2) is 0 Å². The molecular weight excluding hydrogens is 560 g/mol. The predicted octanol–water partition coefficient (Wildman–Crippen LogP) is 13.1. The number of hydrogen-bond acceptors (Lipinski definition) is 3. The smallest absolute Gasteiger partial charge is 0.0626 e. The molecule has 0 spiro atoms. The number of hydrogen-bond donors (Lipinski definition) is 2. The van der Waals surface area contributed by atoms with Crippen molar-refractivity contribution in [1.29, 1.82) is 0 Å². The van der Waals surface area contributed by atoms with E-state index in [-0.39, 0.29) is 12.6 Å². The minimum absolute atomic E-state index is 0.0370. The zero-order valence-corrected chi connectivity index (χ0v) is 31.6. The Hall–Kier alpha value is -0.900. The second-order valence-corrected chi connectivity index (χ2v) is 14.5. The van der Waals surface area contributed by atoms with Gasteiger partial charge in [-0.3, -0.25) is 4.90 Å². The maximum absolute atomic E-state index is 9.90. The molecule has 1 unspecified atom stereocenters. The van der Waals surface area contributed by atoms with Crippen LogP contribution in [0, 0.1) is 0 Å². The van der Waals surface area contributed by atoms with E-state index in [1.807, 2.05) is 0 Å². The lowest BCUT2D eigenvalue weighted by atomic mass is 10.0. The standard InChI is InChI=1S/C43H82N2O/c1-4-7-9-11-13-15-17-19-21-23-25-27-29-31-36-45(39-41-34-33-35-42(38-41)43(40-46)44-6-3)37-32-30-28-26-24-22-20-18-16-14-12-10-8-5-2/h33-35,38,43-44,46H,4-32,36-37,39-40H2,1-3H3. The lowest BCUT2D eigenvalue weighted by Gasteiger charge is -2.24. The topological polar surface area (TPSA) is 35.5 Å². The van der Waals surface area contributed by atoms with E-state index in [1.165, 1.54) is 204 Å². The number of aliphatic hydroxyl groups excluding tert-OH is 1. The average Bonchev–Trinajstić information content (AvgIpc) is 3.07. The summed E-state index contributed by atoms with van der Waals surface area (Å²) >= 11 is 0. The second kappa shape index (κ2) is 34.0. The van der Waals surface area contributed by atoms with Gasteiger partial charge in [0.05, 0.1) is 12.6 Å². The van der Waals surface area contributed by atoms with Crippen LogP contribution < -0.4 is 5.32 Å². The lowest BCUT2D eigenvalue weighted by Crippen LogP contribution is -2.26. The Labute approximate surface area is 289 Å². The molecule has 1 rings (SSSR count). The molecule has 0 aliphatic carbocycles. The van der Waals surface area contributed by atoms with Gasteiger partial charge in [-0.05, 0) is 43.6 Å². The highest BCUT2D eigenvalue weighted by Crippen LogP contribution is 2.18. The summed E-state index contributed by atoms with van der Waals surface area (Å²) < 4.78 is 0. The number of likely N-dealkylation sites (N-methyl/N-ethyl adjacent to an activating group) is 1. The fourth-order valence-electron chi connectivity index (χ4n) is 7.03. The third-order valence-corrected chi connectivity index (χ3v) is 10.0. The van der Waals surface area contributed by atoms with Crippen LogP contribution in [0.25, 0.3) is 0 Å². The molecule has 0 amide bonds. The molecule has 0 aliphatic heterocycles. The summed E-state index contributed by atoms with van der Waals surface area (Å²) in [7, 11) is 0. The Bertz CT molecular complexity index is 705. The molecule has 3 nitrogen and oxygen atoms in total. The predicted molar refractivity (Wildman–Crippen MR) is 206 cm³/mol. The van der Waals surface area contributed by atoms with Crippen molar-refractivity contribution >= 4 is 0 Å². The molecule has 0 aromatic heterocycles. The van der Waals surface area contributed by atoms with Crippen LogP contribution in [-0.2, 0) is 6.54 Å². The van der Waals surface area contributed by atoms with E-state index in [1.54, 1.807) is 0 Å². The molecular formula is C43H82N2O. The molecule has 2 N–H and O–H groups in total. The fourth-order valence-corrected chi connectivity index (χ4v) is 7.03. The van der Waals surface area contributed by atoms with E-state index < -0.39 is 0 Å². The molecule has 0 bridgehead atoms. The van der Waals surface area contributed by atoms with Gasteiger partial charge in [-0.15, -0.1) is 0 Å². The largest absolute Gasteiger partial charge is 0.394 e. The van der Waals surface area contributed by atoms with Crippen molar-refractivity contribution in [2.24, 2.45) is 0 Å². The Morgan fingerprint density at radius 2 is 0.891 bits per heavy atom. The quantitative estimate of drug-likeness (QED) is 0.0715. The number of benzene rings is 1. The fraction of sp³-hybridized carbons (Fsp3) is 0.860. The third kappa shape index (κ3) is 26.1. The molecule has 0 saturated carbocycles. The zero-order valence-electron chi connectivity index (χ0n) is 31.6. The molecule has 1 aromatic rings. The third-order valence-electron chi connectivity index (χ3n) is 10.0. The van der Waals surface area contributed by atoms with Gasteiger partial charge >= 0.3 is 0 Å². The van der Waals surface area contributed by atoms with Crippen LogP contribution >= 0.6 is 0 Å². The van der Waals surface area contributed by atoms with E-state index in [0.717, 1.165) is 13.1 Å². The van der Waals surface area contributed by atoms with Crippen molar-refractivity contribution in [1.82, 2.24) is 10.2 Å². The summed E-state index contributed by atoms with van der Waals surface area (Å²) in [6.07, 6.45) is 39.8. The summed E-state index contributed by atoms with van der Waals surface area (Å²) in [6, 6.07) is 9.00. The molecule has 0 fully saturated rings. The summed E-state index contributed by atoms with van der Waals surface area (Å²) in [5, 5.41) is 13.3. The van der Waals surface area contributed by atoms with Crippen LogP contribution in [0.1, 0.15) is 218 Å². The molecule has 46 heavy (non-hydrogen) atoms. The maximum Gasteiger partial charge on any atom is 0.0626 e. The first-order valence-electron chi connectivity index (χ1n) is 20.9. The summed E-state index contributed by atoms with van der Waals surface area (Å²) in [6.45, 7) is 11.2. The maximum atomic E-state index is 9.90. The van der Waals surface area contributed by atoms with E-state index in [2.05, 4.69) is 55.3 Å². The molecule has 0 radical (unpaired) electrons. The summed E-state index contributed by atoms with van der Waals surface area (Å²) in [4.78, 5) is 2.72. The zero-order chi connectivity index (χ0) is 33.2. The van der Waals surface area contributed by atoms with Crippen LogP contribution in [0.3, 0.4) is 0 Å². The first-order valence-corrected chi connectivity index (χ1v) is 20.9. The van der Waals surface area contributed by atoms with Crippen LogP contribution in [0.15, 0.2) is 24.3 Å². The Balaban J connectivity index is 2.30. The first-order chi connectivity index (χ1) is 22.7. The van der Waals surface area contributed by atoms with Crippen LogP contribution in [0.5, 0.6) is 0 Å².